The van der Waals surface area contributed by atoms with E-state index in [1.807, 2.05) is 0 Å². The van der Waals surface area contributed by atoms with Crippen LogP contribution in [0.4, 0.5) is 18.9 Å². The average Bonchev–Trinajstić information content (AvgIpc) is 2.67. The van der Waals surface area contributed by atoms with Crippen molar-refractivity contribution in [2.24, 2.45) is 0 Å². The number of aromatic nitrogens is 3. The molecule has 28 heavy (non-hydrogen) atoms. The molecule has 144 valence electrons. The first-order valence-corrected chi connectivity index (χ1v) is 8.94. The highest BCUT2D eigenvalue weighted by Gasteiger charge is 2.33. The largest absolute Gasteiger partial charge is 0.418 e. The van der Waals surface area contributed by atoms with Gasteiger partial charge in [-0.25, -0.2) is 0 Å². The summed E-state index contributed by atoms with van der Waals surface area (Å²) < 4.78 is 38.9. The van der Waals surface area contributed by atoms with E-state index in [9.17, 15) is 22.8 Å². The molecule has 6 nitrogen and oxygen atoms in total. The highest BCUT2D eigenvalue weighted by molar-refractivity contribution is 7.99. The molecular formula is C18H13F3N4O2S. The fourth-order valence-electron chi connectivity index (χ4n) is 2.33. The number of alkyl halides is 3. The maximum atomic E-state index is 13.0. The van der Waals surface area contributed by atoms with Crippen LogP contribution in [0.1, 0.15) is 5.56 Å². The molecule has 0 saturated heterocycles. The topological polar surface area (TPSA) is 87.7 Å². The van der Waals surface area contributed by atoms with E-state index in [0.717, 1.165) is 17.8 Å². The van der Waals surface area contributed by atoms with E-state index in [-0.39, 0.29) is 22.3 Å². The predicted octanol–water partition coefficient (Wildman–Crippen LogP) is 3.58. The number of carbonyl (C=O) groups excluding carboxylic acids is 1. The Labute approximate surface area is 161 Å². The number of aromatic amines is 1. The summed E-state index contributed by atoms with van der Waals surface area (Å²) in [6.07, 6.45) is -4.58. The molecule has 3 aromatic rings. The minimum Gasteiger partial charge on any atom is -0.325 e. The number of halogens is 3. The molecule has 0 fully saturated rings. The highest BCUT2D eigenvalue weighted by Crippen LogP contribution is 2.34. The van der Waals surface area contributed by atoms with Crippen LogP contribution in [0.25, 0.3) is 11.3 Å². The van der Waals surface area contributed by atoms with E-state index in [4.69, 9.17) is 0 Å². The Hall–Kier alpha value is -3.14. The van der Waals surface area contributed by atoms with Gasteiger partial charge in [-0.05, 0) is 12.1 Å². The number of para-hydroxylation sites is 1. The van der Waals surface area contributed by atoms with E-state index in [1.54, 1.807) is 30.3 Å². The number of benzene rings is 2. The highest BCUT2D eigenvalue weighted by atomic mass is 32.2. The van der Waals surface area contributed by atoms with Gasteiger partial charge in [-0.2, -0.15) is 13.2 Å². The lowest BCUT2D eigenvalue weighted by Crippen LogP contribution is -2.19. The van der Waals surface area contributed by atoms with Crippen LogP contribution in [0.2, 0.25) is 0 Å². The molecule has 0 atom stereocenters. The quantitative estimate of drug-likeness (QED) is 0.633. The summed E-state index contributed by atoms with van der Waals surface area (Å²) >= 11 is 0.857. The smallest absolute Gasteiger partial charge is 0.325 e. The lowest BCUT2D eigenvalue weighted by molar-refractivity contribution is -0.137. The summed E-state index contributed by atoms with van der Waals surface area (Å²) in [4.78, 5) is 26.6. The van der Waals surface area contributed by atoms with Crippen LogP contribution >= 0.6 is 11.8 Å². The molecule has 0 radical (unpaired) electrons. The Morgan fingerprint density at radius 1 is 1.04 bits per heavy atom. The molecule has 2 N–H and O–H groups in total. The second kappa shape index (κ2) is 8.26. The fraction of sp³-hybridized carbons (Fsp3) is 0.111. The number of nitrogens with zero attached hydrogens (tertiary/aromatic N) is 2. The molecular weight excluding hydrogens is 393 g/mol. The van der Waals surface area contributed by atoms with Gasteiger partial charge in [0.05, 0.1) is 17.0 Å². The summed E-state index contributed by atoms with van der Waals surface area (Å²) in [5.74, 6) is -0.918. The molecule has 0 unspecified atom stereocenters. The predicted molar refractivity (Wildman–Crippen MR) is 98.9 cm³/mol. The summed E-state index contributed by atoms with van der Waals surface area (Å²) in [6.45, 7) is 0. The molecule has 1 heterocycles. The van der Waals surface area contributed by atoms with Crippen molar-refractivity contribution in [1.82, 2.24) is 15.2 Å². The van der Waals surface area contributed by atoms with Crippen molar-refractivity contribution in [1.29, 1.82) is 0 Å². The van der Waals surface area contributed by atoms with Gasteiger partial charge in [0.15, 0.2) is 10.9 Å². The van der Waals surface area contributed by atoms with Crippen LogP contribution in [0.5, 0.6) is 0 Å². The van der Waals surface area contributed by atoms with Gasteiger partial charge in [0.25, 0.3) is 5.56 Å². The van der Waals surface area contributed by atoms with Gasteiger partial charge in [0, 0.05) is 5.56 Å². The van der Waals surface area contributed by atoms with E-state index in [2.05, 4.69) is 20.5 Å². The number of hydrogen-bond donors (Lipinski definition) is 2. The van der Waals surface area contributed by atoms with E-state index in [1.165, 1.54) is 18.2 Å². The zero-order valence-corrected chi connectivity index (χ0v) is 15.0. The molecule has 0 aliphatic carbocycles. The third-order valence-corrected chi connectivity index (χ3v) is 4.43. The maximum Gasteiger partial charge on any atom is 0.418 e. The first-order valence-electron chi connectivity index (χ1n) is 7.96. The minimum absolute atomic E-state index is 0.0870. The van der Waals surface area contributed by atoms with E-state index in [0.29, 0.717) is 5.56 Å². The van der Waals surface area contributed by atoms with Crippen LogP contribution in [-0.2, 0) is 11.0 Å². The number of thioether (sulfide) groups is 1. The van der Waals surface area contributed by atoms with E-state index >= 15 is 0 Å². The third kappa shape index (κ3) is 4.77. The number of nitrogens with one attached hydrogen (secondary N) is 2. The summed E-state index contributed by atoms with van der Waals surface area (Å²) in [5.41, 5.74) is -1.03. The SMILES string of the molecule is O=C(CSc1nnc(-c2ccccc2)c(=O)[nH]1)Nc1ccccc1C(F)(F)F. The average molecular weight is 406 g/mol. The zero-order chi connectivity index (χ0) is 20.1. The number of hydrogen-bond acceptors (Lipinski definition) is 5. The summed E-state index contributed by atoms with van der Waals surface area (Å²) in [7, 11) is 0. The van der Waals surface area contributed by atoms with Gasteiger partial charge < -0.3 is 5.32 Å². The van der Waals surface area contributed by atoms with E-state index < -0.39 is 23.2 Å². The molecule has 10 heteroatoms. The van der Waals surface area contributed by atoms with Crippen molar-refractivity contribution in [2.75, 3.05) is 11.1 Å². The first kappa shape index (κ1) is 19.6. The summed E-state index contributed by atoms with van der Waals surface area (Å²) in [5, 5.41) is 10.0. The minimum atomic E-state index is -4.58. The Kier molecular flexibility index (Phi) is 5.78. The molecule has 0 spiro atoms. The number of amides is 1. The van der Waals surface area contributed by atoms with Crippen LogP contribution in [0, 0.1) is 0 Å². The number of rotatable bonds is 5. The Morgan fingerprint density at radius 2 is 1.71 bits per heavy atom. The van der Waals surface area contributed by atoms with Gasteiger partial charge in [-0.1, -0.05) is 54.2 Å². The molecule has 0 aliphatic rings. The number of carbonyl (C=O) groups is 1. The van der Waals surface area contributed by atoms with Crippen LogP contribution in [-0.4, -0.2) is 26.8 Å². The fourth-order valence-corrected chi connectivity index (χ4v) is 2.93. The number of H-pyrrole nitrogens is 1. The lowest BCUT2D eigenvalue weighted by atomic mass is 10.1. The maximum absolute atomic E-state index is 13.0. The first-order chi connectivity index (χ1) is 13.3. The summed E-state index contributed by atoms with van der Waals surface area (Å²) in [6, 6.07) is 13.4. The monoisotopic (exact) mass is 406 g/mol. The Balaban J connectivity index is 1.66. The lowest BCUT2D eigenvalue weighted by Gasteiger charge is -2.13. The standard InChI is InChI=1S/C18H13F3N4O2S/c19-18(20,21)12-8-4-5-9-13(12)22-14(26)10-28-17-23-16(27)15(24-25-17)11-6-2-1-3-7-11/h1-9H,10H2,(H,22,26)(H,23,25,27). The molecule has 0 aliphatic heterocycles. The molecule has 0 saturated carbocycles. The van der Waals surface area contributed by atoms with Crippen molar-refractivity contribution in [3.8, 4) is 11.3 Å². The van der Waals surface area contributed by atoms with Gasteiger partial charge in [0.2, 0.25) is 5.91 Å². The second-order valence-electron chi connectivity index (χ2n) is 5.55. The molecule has 3 rings (SSSR count). The van der Waals surface area contributed by atoms with Crippen LogP contribution in [0.15, 0.2) is 64.5 Å². The Bertz CT molecular complexity index is 1040. The normalized spacial score (nSPS) is 11.2. The molecule has 0 bridgehead atoms. The number of anilines is 1. The van der Waals surface area contributed by atoms with Crippen LogP contribution < -0.4 is 10.9 Å². The van der Waals surface area contributed by atoms with Crippen molar-refractivity contribution in [3.63, 3.8) is 0 Å². The van der Waals surface area contributed by atoms with Crippen molar-refractivity contribution in [3.05, 3.63) is 70.5 Å². The third-order valence-electron chi connectivity index (χ3n) is 3.57. The Morgan fingerprint density at radius 3 is 2.39 bits per heavy atom. The molecule has 2 aromatic carbocycles. The molecule has 1 aromatic heterocycles. The zero-order valence-electron chi connectivity index (χ0n) is 14.2. The van der Waals surface area contributed by atoms with Gasteiger partial charge in [0.1, 0.15) is 0 Å². The molecule has 1 amide bonds. The van der Waals surface area contributed by atoms with Crippen molar-refractivity contribution in [2.45, 2.75) is 11.3 Å². The van der Waals surface area contributed by atoms with Gasteiger partial charge >= 0.3 is 6.18 Å². The van der Waals surface area contributed by atoms with Crippen molar-refractivity contribution < 1.29 is 18.0 Å². The van der Waals surface area contributed by atoms with Gasteiger partial charge in [-0.3, -0.25) is 14.6 Å². The van der Waals surface area contributed by atoms with Crippen LogP contribution in [0.3, 0.4) is 0 Å². The van der Waals surface area contributed by atoms with Crippen molar-refractivity contribution >= 4 is 23.4 Å². The van der Waals surface area contributed by atoms with Gasteiger partial charge in [-0.15, -0.1) is 10.2 Å². The second-order valence-corrected chi connectivity index (χ2v) is 6.52.